The van der Waals surface area contributed by atoms with E-state index in [-0.39, 0.29) is 11.5 Å². The second-order valence-electron chi connectivity index (χ2n) is 6.07. The lowest BCUT2D eigenvalue weighted by Gasteiger charge is -2.17. The predicted octanol–water partition coefficient (Wildman–Crippen LogP) is 1.93. The second-order valence-corrected chi connectivity index (χ2v) is 6.07. The highest BCUT2D eigenvalue weighted by Crippen LogP contribution is 2.08. The standard InChI is InChI=1S/C18H24N4O3/c1-21-12-10-20-16(21)6-4-11-22(2)17(23)7-3-5-15-13-14(18(24)25)8-9-19-15/h8-10,12-13H,3-7,11H2,1-2H3,(H,24,25). The number of hydrogen-bond acceptors (Lipinski definition) is 4. The van der Waals surface area contributed by atoms with E-state index >= 15 is 0 Å². The predicted molar refractivity (Wildman–Crippen MR) is 93.3 cm³/mol. The fraction of sp³-hybridized carbons (Fsp3) is 0.444. The molecule has 7 heteroatoms. The zero-order valence-corrected chi connectivity index (χ0v) is 14.7. The molecule has 1 amide bonds. The molecular weight excluding hydrogens is 320 g/mol. The van der Waals surface area contributed by atoms with Crippen molar-refractivity contribution in [3.05, 3.63) is 47.8 Å². The van der Waals surface area contributed by atoms with E-state index in [1.54, 1.807) is 17.2 Å². The SMILES string of the molecule is CN(CCCc1nccn1C)C(=O)CCCc1cc(C(=O)O)ccn1. The maximum absolute atomic E-state index is 12.2. The molecule has 0 atom stereocenters. The molecule has 0 aliphatic heterocycles. The van der Waals surface area contributed by atoms with Gasteiger partial charge in [0.25, 0.3) is 0 Å². The molecule has 25 heavy (non-hydrogen) atoms. The Labute approximate surface area is 147 Å². The molecule has 0 radical (unpaired) electrons. The van der Waals surface area contributed by atoms with E-state index in [0.29, 0.717) is 31.5 Å². The Morgan fingerprint density at radius 2 is 2.00 bits per heavy atom. The Balaban J connectivity index is 1.69. The van der Waals surface area contributed by atoms with E-state index in [1.807, 2.05) is 24.9 Å². The minimum absolute atomic E-state index is 0.0919. The number of aromatic nitrogens is 3. The van der Waals surface area contributed by atoms with Crippen LogP contribution in [-0.4, -0.2) is 50.0 Å². The maximum Gasteiger partial charge on any atom is 0.335 e. The van der Waals surface area contributed by atoms with Crippen LogP contribution < -0.4 is 0 Å². The third-order valence-corrected chi connectivity index (χ3v) is 4.13. The largest absolute Gasteiger partial charge is 0.478 e. The minimum Gasteiger partial charge on any atom is -0.478 e. The normalized spacial score (nSPS) is 10.6. The third-order valence-electron chi connectivity index (χ3n) is 4.13. The van der Waals surface area contributed by atoms with Gasteiger partial charge in [-0.15, -0.1) is 0 Å². The average molecular weight is 344 g/mol. The molecule has 0 saturated heterocycles. The summed E-state index contributed by atoms with van der Waals surface area (Å²) in [6, 6.07) is 3.02. The summed E-state index contributed by atoms with van der Waals surface area (Å²) in [6.07, 6.45) is 8.56. The summed E-state index contributed by atoms with van der Waals surface area (Å²) in [7, 11) is 3.77. The molecule has 2 aromatic rings. The first kappa shape index (κ1) is 18.6. The van der Waals surface area contributed by atoms with Crippen molar-refractivity contribution in [2.45, 2.75) is 32.1 Å². The van der Waals surface area contributed by atoms with Gasteiger partial charge in [-0.1, -0.05) is 0 Å². The lowest BCUT2D eigenvalue weighted by Crippen LogP contribution is -2.28. The number of amides is 1. The summed E-state index contributed by atoms with van der Waals surface area (Å²) in [6.45, 7) is 0.693. The fourth-order valence-corrected chi connectivity index (χ4v) is 2.60. The maximum atomic E-state index is 12.2. The van der Waals surface area contributed by atoms with Gasteiger partial charge < -0.3 is 14.6 Å². The Morgan fingerprint density at radius 3 is 2.68 bits per heavy atom. The lowest BCUT2D eigenvalue weighted by atomic mass is 10.1. The highest BCUT2D eigenvalue weighted by Gasteiger charge is 2.10. The molecule has 0 bridgehead atoms. The molecule has 2 heterocycles. The average Bonchev–Trinajstić information content (AvgIpc) is 3.00. The van der Waals surface area contributed by atoms with Gasteiger partial charge >= 0.3 is 5.97 Å². The van der Waals surface area contributed by atoms with Crippen LogP contribution in [0.1, 0.15) is 41.1 Å². The fourth-order valence-electron chi connectivity index (χ4n) is 2.60. The quantitative estimate of drug-likeness (QED) is 0.751. The van der Waals surface area contributed by atoms with Gasteiger partial charge in [-0.3, -0.25) is 9.78 Å². The van der Waals surface area contributed by atoms with Crippen LogP contribution in [-0.2, 0) is 24.7 Å². The first-order valence-electron chi connectivity index (χ1n) is 8.35. The van der Waals surface area contributed by atoms with Crippen LogP contribution in [0.2, 0.25) is 0 Å². The Kier molecular flexibility index (Phi) is 6.68. The van der Waals surface area contributed by atoms with E-state index < -0.39 is 5.97 Å². The molecule has 134 valence electrons. The first-order valence-corrected chi connectivity index (χ1v) is 8.35. The number of carboxylic acids is 1. The number of carboxylic acid groups (broad SMARTS) is 1. The van der Waals surface area contributed by atoms with Crippen molar-refractivity contribution in [2.75, 3.05) is 13.6 Å². The van der Waals surface area contributed by atoms with Crippen LogP contribution in [0.4, 0.5) is 0 Å². The zero-order chi connectivity index (χ0) is 18.2. The van der Waals surface area contributed by atoms with Crippen molar-refractivity contribution < 1.29 is 14.7 Å². The van der Waals surface area contributed by atoms with Crippen LogP contribution >= 0.6 is 0 Å². The van der Waals surface area contributed by atoms with Gasteiger partial charge in [0.1, 0.15) is 5.82 Å². The summed E-state index contributed by atoms with van der Waals surface area (Å²) in [4.78, 5) is 33.3. The van der Waals surface area contributed by atoms with Crippen molar-refractivity contribution in [3.8, 4) is 0 Å². The molecular formula is C18H24N4O3. The van der Waals surface area contributed by atoms with Gasteiger partial charge in [-0.25, -0.2) is 9.78 Å². The monoisotopic (exact) mass is 344 g/mol. The number of pyridine rings is 1. The van der Waals surface area contributed by atoms with Gasteiger partial charge in [0.05, 0.1) is 5.56 Å². The van der Waals surface area contributed by atoms with Crippen LogP contribution in [0.3, 0.4) is 0 Å². The minimum atomic E-state index is -0.966. The molecule has 0 saturated carbocycles. The molecule has 0 aliphatic rings. The number of carbonyl (C=O) groups excluding carboxylic acids is 1. The first-order chi connectivity index (χ1) is 12.0. The second kappa shape index (κ2) is 8.96. The number of hydrogen-bond donors (Lipinski definition) is 1. The Morgan fingerprint density at radius 1 is 1.20 bits per heavy atom. The number of nitrogens with zero attached hydrogens (tertiary/aromatic N) is 4. The van der Waals surface area contributed by atoms with Crippen LogP contribution in [0.15, 0.2) is 30.7 Å². The van der Waals surface area contributed by atoms with E-state index in [0.717, 1.165) is 18.7 Å². The van der Waals surface area contributed by atoms with E-state index in [4.69, 9.17) is 5.11 Å². The van der Waals surface area contributed by atoms with Crippen LogP contribution in [0.25, 0.3) is 0 Å². The summed E-state index contributed by atoms with van der Waals surface area (Å²) in [5.74, 6) is 0.145. The van der Waals surface area contributed by atoms with Crippen molar-refractivity contribution in [1.82, 2.24) is 19.4 Å². The van der Waals surface area contributed by atoms with Crippen LogP contribution in [0, 0.1) is 0 Å². The molecule has 2 rings (SSSR count). The number of carbonyl (C=O) groups is 2. The number of aryl methyl sites for hydroxylation is 3. The molecule has 0 unspecified atom stereocenters. The Bertz CT molecular complexity index is 727. The van der Waals surface area contributed by atoms with Crippen molar-refractivity contribution >= 4 is 11.9 Å². The summed E-state index contributed by atoms with van der Waals surface area (Å²) in [5, 5.41) is 8.97. The molecule has 2 aromatic heterocycles. The lowest BCUT2D eigenvalue weighted by molar-refractivity contribution is -0.130. The van der Waals surface area contributed by atoms with E-state index in [1.165, 1.54) is 12.3 Å². The molecule has 0 aliphatic carbocycles. The highest BCUT2D eigenvalue weighted by atomic mass is 16.4. The molecule has 1 N–H and O–H groups in total. The van der Waals surface area contributed by atoms with Gasteiger partial charge in [-0.05, 0) is 31.4 Å². The molecule has 7 nitrogen and oxygen atoms in total. The van der Waals surface area contributed by atoms with Gasteiger partial charge in [0, 0.05) is 57.8 Å². The summed E-state index contributed by atoms with van der Waals surface area (Å²) < 4.78 is 1.99. The topological polar surface area (TPSA) is 88.3 Å². The van der Waals surface area contributed by atoms with Crippen LogP contribution in [0.5, 0.6) is 0 Å². The summed E-state index contributed by atoms with van der Waals surface area (Å²) in [5.41, 5.74) is 0.924. The van der Waals surface area contributed by atoms with Gasteiger partial charge in [0.15, 0.2) is 0 Å². The van der Waals surface area contributed by atoms with E-state index in [9.17, 15) is 9.59 Å². The number of rotatable bonds is 9. The van der Waals surface area contributed by atoms with Crippen molar-refractivity contribution in [3.63, 3.8) is 0 Å². The molecule has 0 fully saturated rings. The van der Waals surface area contributed by atoms with Gasteiger partial charge in [0.2, 0.25) is 5.91 Å². The smallest absolute Gasteiger partial charge is 0.335 e. The van der Waals surface area contributed by atoms with Gasteiger partial charge in [-0.2, -0.15) is 0 Å². The molecule has 0 aromatic carbocycles. The highest BCUT2D eigenvalue weighted by molar-refractivity contribution is 5.87. The summed E-state index contributed by atoms with van der Waals surface area (Å²) >= 11 is 0. The number of imidazole rings is 1. The molecule has 0 spiro atoms. The van der Waals surface area contributed by atoms with Crippen molar-refractivity contribution in [1.29, 1.82) is 0 Å². The zero-order valence-electron chi connectivity index (χ0n) is 14.7. The third kappa shape index (κ3) is 5.70. The Hall–Kier alpha value is -2.70. The van der Waals surface area contributed by atoms with E-state index in [2.05, 4.69) is 9.97 Å². The number of aromatic carboxylic acids is 1. The van der Waals surface area contributed by atoms with Crippen molar-refractivity contribution in [2.24, 2.45) is 7.05 Å².